The van der Waals surface area contributed by atoms with Gasteiger partial charge in [-0.15, -0.1) is 0 Å². The normalized spacial score (nSPS) is 16.8. The molecule has 35 heavy (non-hydrogen) atoms. The summed E-state index contributed by atoms with van der Waals surface area (Å²) in [7, 11) is -4.06. The Labute approximate surface area is 208 Å². The second-order valence-electron chi connectivity index (χ2n) is 8.30. The number of amides is 2. The van der Waals surface area contributed by atoms with Gasteiger partial charge in [0.15, 0.2) is 0 Å². The van der Waals surface area contributed by atoms with Crippen molar-refractivity contribution in [1.82, 2.24) is 24.5 Å². The molecule has 0 aliphatic carbocycles. The van der Waals surface area contributed by atoms with Gasteiger partial charge in [0, 0.05) is 49.1 Å². The maximum absolute atomic E-state index is 12.9. The third kappa shape index (κ3) is 5.87. The molecule has 10 nitrogen and oxygen atoms in total. The Morgan fingerprint density at radius 3 is 2.69 bits per heavy atom. The number of hydrogen-bond donors (Lipinski definition) is 2. The summed E-state index contributed by atoms with van der Waals surface area (Å²) in [5.41, 5.74) is 7.67. The molecular weight excluding hydrogens is 492 g/mol. The smallest absolute Gasteiger partial charge is 0.331 e. The van der Waals surface area contributed by atoms with E-state index in [9.17, 15) is 18.0 Å². The number of aldehydes is 1. The van der Waals surface area contributed by atoms with Crippen molar-refractivity contribution in [3.63, 3.8) is 0 Å². The third-order valence-corrected chi connectivity index (χ3v) is 7.52. The summed E-state index contributed by atoms with van der Waals surface area (Å²) in [4.78, 5) is 35.8. The summed E-state index contributed by atoms with van der Waals surface area (Å²) in [6, 6.07) is 10.3. The molecule has 4 rings (SSSR count). The standard InChI is InChI=1S/C23H25ClN6O4S/c24-17-4-6-19(7-5-17)35(33,34)28-23(32)30-10-9-29(14-18(30)2-1-11-31)13-16-3-8-20-21(12-16)26-15-27-22(20)25/h3-8,11-12,15,18H,1-2,9-10,13-14H2,(H,28,32)(H2,25,26,27)/t18-/m0/s1. The molecule has 1 fully saturated rings. The topological polar surface area (TPSA) is 139 Å². The van der Waals surface area contributed by atoms with E-state index in [0.29, 0.717) is 43.4 Å². The van der Waals surface area contributed by atoms with Gasteiger partial charge in [0.25, 0.3) is 10.0 Å². The Morgan fingerprint density at radius 2 is 1.94 bits per heavy atom. The number of fused-ring (bicyclic) bond motifs is 1. The monoisotopic (exact) mass is 516 g/mol. The lowest BCUT2D eigenvalue weighted by Crippen LogP contribution is -2.57. The van der Waals surface area contributed by atoms with Crippen molar-refractivity contribution in [3.8, 4) is 0 Å². The number of benzene rings is 2. The number of anilines is 1. The molecule has 0 bridgehead atoms. The zero-order chi connectivity index (χ0) is 25.0. The van der Waals surface area contributed by atoms with Gasteiger partial charge in [-0.25, -0.2) is 27.9 Å². The molecule has 1 atom stereocenters. The molecule has 184 valence electrons. The van der Waals surface area contributed by atoms with Crippen molar-refractivity contribution in [1.29, 1.82) is 0 Å². The average Bonchev–Trinajstić information content (AvgIpc) is 2.83. The summed E-state index contributed by atoms with van der Waals surface area (Å²) >= 11 is 5.83. The van der Waals surface area contributed by atoms with E-state index in [0.717, 1.165) is 22.8 Å². The Hall–Kier alpha value is -3.28. The minimum Gasteiger partial charge on any atom is -0.383 e. The second-order valence-corrected chi connectivity index (χ2v) is 10.4. The van der Waals surface area contributed by atoms with Gasteiger partial charge < -0.3 is 15.4 Å². The Balaban J connectivity index is 1.46. The van der Waals surface area contributed by atoms with Crippen LogP contribution in [0.25, 0.3) is 10.9 Å². The summed E-state index contributed by atoms with van der Waals surface area (Å²) in [6.45, 7) is 1.95. The lowest BCUT2D eigenvalue weighted by molar-refractivity contribution is -0.108. The number of piperazine rings is 1. The summed E-state index contributed by atoms with van der Waals surface area (Å²) in [5.74, 6) is 0.420. The molecule has 0 saturated carbocycles. The van der Waals surface area contributed by atoms with Gasteiger partial charge >= 0.3 is 6.03 Å². The minimum absolute atomic E-state index is 0.0564. The van der Waals surface area contributed by atoms with Crippen LogP contribution >= 0.6 is 11.6 Å². The molecular formula is C23H25ClN6O4S. The molecule has 0 unspecified atom stereocenters. The first-order valence-electron chi connectivity index (χ1n) is 11.0. The van der Waals surface area contributed by atoms with Crippen molar-refractivity contribution in [2.75, 3.05) is 25.4 Å². The quantitative estimate of drug-likeness (QED) is 0.456. The Kier molecular flexibility index (Phi) is 7.48. The number of halogens is 1. The Bertz CT molecular complexity index is 1340. The number of sulfonamides is 1. The maximum Gasteiger partial charge on any atom is 0.331 e. The molecule has 3 N–H and O–H groups in total. The molecule has 1 saturated heterocycles. The van der Waals surface area contributed by atoms with Crippen LogP contribution in [0.5, 0.6) is 0 Å². The van der Waals surface area contributed by atoms with Gasteiger partial charge in [-0.2, -0.15) is 0 Å². The first kappa shape index (κ1) is 24.8. The molecule has 2 aromatic carbocycles. The molecule has 1 aliphatic heterocycles. The number of nitrogen functional groups attached to an aromatic ring is 1. The predicted octanol–water partition coefficient (Wildman–Crippen LogP) is 2.43. The highest BCUT2D eigenvalue weighted by atomic mass is 35.5. The van der Waals surface area contributed by atoms with Crippen LogP contribution in [0.3, 0.4) is 0 Å². The van der Waals surface area contributed by atoms with E-state index in [1.165, 1.54) is 35.5 Å². The van der Waals surface area contributed by atoms with E-state index in [-0.39, 0.29) is 17.4 Å². The van der Waals surface area contributed by atoms with Gasteiger partial charge in [0.2, 0.25) is 0 Å². The van der Waals surface area contributed by atoms with Crippen LogP contribution in [-0.4, -0.2) is 66.2 Å². The van der Waals surface area contributed by atoms with Crippen LogP contribution in [0.1, 0.15) is 18.4 Å². The molecule has 1 aliphatic rings. The van der Waals surface area contributed by atoms with Gasteiger partial charge in [-0.1, -0.05) is 17.7 Å². The van der Waals surface area contributed by atoms with Gasteiger partial charge in [0.05, 0.1) is 10.4 Å². The largest absolute Gasteiger partial charge is 0.383 e. The van der Waals surface area contributed by atoms with Crippen LogP contribution in [0.15, 0.2) is 53.7 Å². The molecule has 0 radical (unpaired) electrons. The average molecular weight is 517 g/mol. The van der Waals surface area contributed by atoms with E-state index in [4.69, 9.17) is 17.3 Å². The fraction of sp³-hybridized carbons (Fsp3) is 0.304. The van der Waals surface area contributed by atoms with Crippen molar-refractivity contribution in [2.24, 2.45) is 0 Å². The number of nitrogens with two attached hydrogens (primary N) is 1. The highest BCUT2D eigenvalue weighted by Gasteiger charge is 2.32. The van der Waals surface area contributed by atoms with Crippen LogP contribution < -0.4 is 10.5 Å². The SMILES string of the molecule is Nc1ncnc2cc(CN3CCN(C(=O)NS(=O)(=O)c4ccc(Cl)cc4)[C@@H](CCC=O)C3)ccc12. The highest BCUT2D eigenvalue weighted by Crippen LogP contribution is 2.22. The number of nitrogens with zero attached hydrogens (tertiary/aromatic N) is 4. The number of nitrogens with one attached hydrogen (secondary N) is 1. The molecule has 0 spiro atoms. The van der Waals surface area contributed by atoms with Crippen molar-refractivity contribution in [2.45, 2.75) is 30.3 Å². The lowest BCUT2D eigenvalue weighted by atomic mass is 10.1. The zero-order valence-corrected chi connectivity index (χ0v) is 20.4. The molecule has 2 heterocycles. The highest BCUT2D eigenvalue weighted by molar-refractivity contribution is 7.90. The van der Waals surface area contributed by atoms with E-state index in [2.05, 4.69) is 19.6 Å². The number of aromatic nitrogens is 2. The van der Waals surface area contributed by atoms with E-state index < -0.39 is 16.1 Å². The number of carbonyl (C=O) groups is 2. The summed E-state index contributed by atoms with van der Waals surface area (Å²) in [5, 5.41) is 1.17. The van der Waals surface area contributed by atoms with Crippen LogP contribution in [0.4, 0.5) is 10.6 Å². The molecule has 12 heteroatoms. The van der Waals surface area contributed by atoms with Gasteiger partial charge in [0.1, 0.15) is 18.4 Å². The van der Waals surface area contributed by atoms with Crippen LogP contribution in [-0.2, 0) is 21.4 Å². The van der Waals surface area contributed by atoms with Crippen molar-refractivity contribution >= 4 is 50.7 Å². The molecule has 1 aromatic heterocycles. The first-order valence-corrected chi connectivity index (χ1v) is 12.9. The van der Waals surface area contributed by atoms with Gasteiger partial charge in [-0.05, 0) is 48.4 Å². The van der Waals surface area contributed by atoms with Crippen molar-refractivity contribution in [3.05, 3.63) is 59.4 Å². The van der Waals surface area contributed by atoms with E-state index in [1.807, 2.05) is 18.2 Å². The minimum atomic E-state index is -4.06. The third-order valence-electron chi connectivity index (χ3n) is 5.93. The van der Waals surface area contributed by atoms with E-state index >= 15 is 0 Å². The van der Waals surface area contributed by atoms with Crippen molar-refractivity contribution < 1.29 is 18.0 Å². The molecule has 2 amide bonds. The van der Waals surface area contributed by atoms with Crippen LogP contribution in [0.2, 0.25) is 5.02 Å². The zero-order valence-electron chi connectivity index (χ0n) is 18.8. The Morgan fingerprint density at radius 1 is 1.17 bits per heavy atom. The number of hydrogen-bond acceptors (Lipinski definition) is 8. The predicted molar refractivity (Wildman–Crippen MR) is 132 cm³/mol. The lowest BCUT2D eigenvalue weighted by Gasteiger charge is -2.41. The molecule has 3 aromatic rings. The van der Waals surface area contributed by atoms with E-state index in [1.54, 1.807) is 0 Å². The number of carbonyl (C=O) groups excluding carboxylic acids is 2. The summed E-state index contributed by atoms with van der Waals surface area (Å²) < 4.78 is 27.5. The fourth-order valence-electron chi connectivity index (χ4n) is 4.16. The van der Waals surface area contributed by atoms with Crippen LogP contribution in [0, 0.1) is 0 Å². The first-order chi connectivity index (χ1) is 16.8. The summed E-state index contributed by atoms with van der Waals surface area (Å²) in [6.07, 6.45) is 2.91. The second kappa shape index (κ2) is 10.5. The number of rotatable bonds is 7. The van der Waals surface area contributed by atoms with Gasteiger partial charge in [-0.3, -0.25) is 4.90 Å². The fourth-order valence-corrected chi connectivity index (χ4v) is 5.25. The number of urea groups is 1. The maximum atomic E-state index is 12.9.